The summed E-state index contributed by atoms with van der Waals surface area (Å²) in [6.07, 6.45) is 1.11. The topological polar surface area (TPSA) is 83.8 Å². The second-order valence-corrected chi connectivity index (χ2v) is 4.67. The Kier molecular flexibility index (Phi) is 3.90. The van der Waals surface area contributed by atoms with Gasteiger partial charge >= 0.3 is 13.1 Å². The number of rotatable bonds is 4. The predicted octanol–water partition coefficient (Wildman–Crippen LogP) is 1.54. The number of para-hydroxylation sites is 1. The van der Waals surface area contributed by atoms with Crippen molar-refractivity contribution in [1.29, 1.82) is 0 Å². The summed E-state index contributed by atoms with van der Waals surface area (Å²) < 4.78 is 5.30. The van der Waals surface area contributed by atoms with Crippen molar-refractivity contribution in [2.75, 3.05) is 0 Å². The van der Waals surface area contributed by atoms with Crippen molar-refractivity contribution in [2.45, 2.75) is 32.0 Å². The van der Waals surface area contributed by atoms with Crippen molar-refractivity contribution in [3.8, 4) is 5.75 Å². The average Bonchev–Trinajstić information content (AvgIpc) is 2.38. The van der Waals surface area contributed by atoms with E-state index in [2.05, 4.69) is 0 Å². The normalized spacial score (nSPS) is 17.6. The van der Waals surface area contributed by atoms with Crippen molar-refractivity contribution in [3.05, 3.63) is 29.3 Å². The van der Waals surface area contributed by atoms with Crippen LogP contribution in [0, 0.1) is 0 Å². The quantitative estimate of drug-likeness (QED) is 0.804. The Morgan fingerprint density at radius 1 is 1.47 bits per heavy atom. The highest BCUT2D eigenvalue weighted by Crippen LogP contribution is 2.36. The maximum atomic E-state index is 11.5. The zero-order valence-corrected chi connectivity index (χ0v) is 10.6. The Bertz CT molecular complexity index is 514. The molecule has 0 bridgehead atoms. The van der Waals surface area contributed by atoms with Crippen LogP contribution in [-0.2, 0) is 11.2 Å². The van der Waals surface area contributed by atoms with Gasteiger partial charge in [-0.05, 0) is 18.1 Å². The molecule has 6 heteroatoms. The van der Waals surface area contributed by atoms with E-state index in [1.807, 2.05) is 0 Å². The van der Waals surface area contributed by atoms with E-state index < -0.39 is 13.1 Å². The van der Waals surface area contributed by atoms with Crippen LogP contribution in [0.25, 0.3) is 0 Å². The highest BCUT2D eigenvalue weighted by Gasteiger charge is 2.37. The van der Waals surface area contributed by atoms with E-state index in [9.17, 15) is 14.6 Å². The standard InChI is InChI=1S/C13H15BO5/c1-2-10(15)7-9-6-8-4-3-5-11(13(16)17)12(8)19-14(9)18/h3-5,9,18H,2,6-7H2,1H3,(H,16,17)/t9-/m1/s1. The second kappa shape index (κ2) is 5.44. The number of ketones is 1. The van der Waals surface area contributed by atoms with Crippen LogP contribution < -0.4 is 4.65 Å². The lowest BCUT2D eigenvalue weighted by Crippen LogP contribution is -2.35. The number of carboxylic acids is 1. The molecule has 0 aromatic heterocycles. The molecule has 1 aromatic carbocycles. The minimum Gasteiger partial charge on any atom is -0.535 e. The molecule has 1 heterocycles. The number of fused-ring (bicyclic) bond motifs is 1. The molecule has 19 heavy (non-hydrogen) atoms. The van der Waals surface area contributed by atoms with Gasteiger partial charge in [-0.15, -0.1) is 0 Å². The van der Waals surface area contributed by atoms with Crippen LogP contribution in [0.1, 0.15) is 35.7 Å². The molecule has 1 atom stereocenters. The van der Waals surface area contributed by atoms with E-state index in [0.29, 0.717) is 12.8 Å². The highest BCUT2D eigenvalue weighted by atomic mass is 16.5. The molecule has 0 radical (unpaired) electrons. The Hall–Kier alpha value is -1.82. The first-order valence-electron chi connectivity index (χ1n) is 6.24. The van der Waals surface area contributed by atoms with E-state index in [-0.39, 0.29) is 29.3 Å². The van der Waals surface area contributed by atoms with Gasteiger partial charge < -0.3 is 14.8 Å². The predicted molar refractivity (Wildman–Crippen MR) is 69.4 cm³/mol. The summed E-state index contributed by atoms with van der Waals surface area (Å²) in [5.41, 5.74) is 0.760. The lowest BCUT2D eigenvalue weighted by atomic mass is 9.64. The SMILES string of the molecule is CCC(=O)C[C@H]1Cc2cccc(C(=O)O)c2OB1O. The molecule has 5 nitrogen and oxygen atoms in total. The molecule has 0 amide bonds. The zero-order chi connectivity index (χ0) is 14.0. The molecular weight excluding hydrogens is 247 g/mol. The molecular formula is C13H15BO5. The molecule has 1 aliphatic heterocycles. The monoisotopic (exact) mass is 262 g/mol. The summed E-state index contributed by atoms with van der Waals surface area (Å²) in [4.78, 5) is 22.5. The first-order valence-corrected chi connectivity index (χ1v) is 6.24. The van der Waals surface area contributed by atoms with Gasteiger partial charge in [-0.1, -0.05) is 19.1 Å². The molecule has 0 spiro atoms. The number of benzene rings is 1. The third-order valence-electron chi connectivity index (χ3n) is 3.34. The van der Waals surface area contributed by atoms with E-state index in [0.717, 1.165) is 5.56 Å². The number of carbonyl (C=O) groups is 2. The fourth-order valence-corrected chi connectivity index (χ4v) is 2.26. The van der Waals surface area contributed by atoms with Gasteiger partial charge in [0.05, 0.1) is 5.56 Å². The van der Waals surface area contributed by atoms with Crippen LogP contribution in [0.4, 0.5) is 0 Å². The molecule has 2 N–H and O–H groups in total. The van der Waals surface area contributed by atoms with Crippen LogP contribution in [0.2, 0.25) is 5.82 Å². The van der Waals surface area contributed by atoms with Gasteiger partial charge in [0.25, 0.3) is 0 Å². The van der Waals surface area contributed by atoms with Crippen molar-refractivity contribution in [1.82, 2.24) is 0 Å². The minimum absolute atomic E-state index is 0.0387. The Morgan fingerprint density at radius 2 is 2.21 bits per heavy atom. The Morgan fingerprint density at radius 3 is 2.84 bits per heavy atom. The van der Waals surface area contributed by atoms with Gasteiger partial charge in [0.15, 0.2) is 0 Å². The summed E-state index contributed by atoms with van der Waals surface area (Å²) in [5.74, 6) is -1.13. The van der Waals surface area contributed by atoms with Crippen molar-refractivity contribution < 1.29 is 24.4 Å². The first-order chi connectivity index (χ1) is 9.02. The molecule has 1 aromatic rings. The van der Waals surface area contributed by atoms with Crippen LogP contribution in [0.15, 0.2) is 18.2 Å². The zero-order valence-electron chi connectivity index (χ0n) is 10.6. The summed E-state index contributed by atoms with van der Waals surface area (Å²) in [7, 11) is -1.14. The van der Waals surface area contributed by atoms with Crippen molar-refractivity contribution in [2.24, 2.45) is 0 Å². The molecule has 100 valence electrons. The van der Waals surface area contributed by atoms with Crippen LogP contribution in [0.3, 0.4) is 0 Å². The van der Waals surface area contributed by atoms with Gasteiger partial charge in [-0.3, -0.25) is 4.79 Å². The molecule has 0 fully saturated rings. The first kappa shape index (κ1) is 13.6. The summed E-state index contributed by atoms with van der Waals surface area (Å²) in [5, 5.41) is 19.0. The summed E-state index contributed by atoms with van der Waals surface area (Å²) in [6, 6.07) is 4.84. The molecule has 0 aliphatic carbocycles. The summed E-state index contributed by atoms with van der Waals surface area (Å²) >= 11 is 0. The molecule has 2 rings (SSSR count). The van der Waals surface area contributed by atoms with Gasteiger partial charge in [0.1, 0.15) is 11.5 Å². The van der Waals surface area contributed by atoms with E-state index in [1.165, 1.54) is 6.07 Å². The molecule has 0 saturated carbocycles. The number of hydrogen-bond donors (Lipinski definition) is 2. The van der Waals surface area contributed by atoms with Gasteiger partial charge in [0.2, 0.25) is 0 Å². The fourth-order valence-electron chi connectivity index (χ4n) is 2.26. The number of Topliss-reactive ketones (excluding diaryl/α,β-unsaturated/α-hetero) is 1. The third-order valence-corrected chi connectivity index (χ3v) is 3.34. The number of carboxylic acid groups (broad SMARTS) is 1. The minimum atomic E-state index is -1.14. The molecule has 1 aliphatic rings. The second-order valence-electron chi connectivity index (χ2n) is 4.67. The Labute approximate surface area is 111 Å². The Balaban J connectivity index is 2.26. The number of hydrogen-bond acceptors (Lipinski definition) is 4. The van der Waals surface area contributed by atoms with Crippen LogP contribution in [-0.4, -0.2) is 29.0 Å². The maximum absolute atomic E-state index is 11.5. The van der Waals surface area contributed by atoms with Gasteiger partial charge in [-0.25, -0.2) is 4.79 Å². The van der Waals surface area contributed by atoms with Crippen molar-refractivity contribution in [3.63, 3.8) is 0 Å². The molecule has 0 saturated heterocycles. The summed E-state index contributed by atoms with van der Waals surface area (Å²) in [6.45, 7) is 1.77. The number of carbonyl (C=O) groups excluding carboxylic acids is 1. The lowest BCUT2D eigenvalue weighted by Gasteiger charge is -2.27. The van der Waals surface area contributed by atoms with E-state index in [1.54, 1.807) is 19.1 Å². The van der Waals surface area contributed by atoms with Crippen molar-refractivity contribution >= 4 is 18.9 Å². The van der Waals surface area contributed by atoms with Crippen LogP contribution >= 0.6 is 0 Å². The van der Waals surface area contributed by atoms with Gasteiger partial charge in [-0.2, -0.15) is 0 Å². The maximum Gasteiger partial charge on any atom is 0.526 e. The van der Waals surface area contributed by atoms with Gasteiger partial charge in [0, 0.05) is 18.7 Å². The fraction of sp³-hybridized carbons (Fsp3) is 0.385. The number of aromatic carboxylic acids is 1. The van der Waals surface area contributed by atoms with Crippen LogP contribution in [0.5, 0.6) is 5.75 Å². The lowest BCUT2D eigenvalue weighted by molar-refractivity contribution is -0.118. The smallest absolute Gasteiger partial charge is 0.526 e. The molecule has 0 unspecified atom stereocenters. The van der Waals surface area contributed by atoms with E-state index in [4.69, 9.17) is 9.76 Å². The third kappa shape index (κ3) is 2.79. The largest absolute Gasteiger partial charge is 0.535 e. The highest BCUT2D eigenvalue weighted by molar-refractivity contribution is 6.47. The van der Waals surface area contributed by atoms with E-state index >= 15 is 0 Å². The average molecular weight is 262 g/mol.